The van der Waals surface area contributed by atoms with E-state index in [9.17, 15) is 14.7 Å². The molecular formula is C53H58ClN9O4. The van der Waals surface area contributed by atoms with Crippen LogP contribution in [0.15, 0.2) is 140 Å². The molecule has 67 heavy (non-hydrogen) atoms. The molecule has 0 bridgehead atoms. The minimum Gasteiger partial charge on any atom is -0.494 e. The molecule has 13 nitrogen and oxygen atoms in total. The monoisotopic (exact) mass is 919 g/mol. The molecule has 7 aromatic rings. The fourth-order valence-electron chi connectivity index (χ4n) is 9.15. The van der Waals surface area contributed by atoms with E-state index in [1.807, 2.05) is 102 Å². The van der Waals surface area contributed by atoms with Crippen molar-refractivity contribution in [2.75, 3.05) is 13.2 Å². The summed E-state index contributed by atoms with van der Waals surface area (Å²) >= 11 is 6.33. The van der Waals surface area contributed by atoms with Crippen LogP contribution in [0.1, 0.15) is 101 Å². The lowest BCUT2D eigenvalue weighted by atomic mass is 9.68. The van der Waals surface area contributed by atoms with Crippen molar-refractivity contribution >= 4 is 23.5 Å². The molecule has 3 N–H and O–H groups in total. The molecule has 0 spiro atoms. The van der Waals surface area contributed by atoms with Gasteiger partial charge in [0, 0.05) is 81.5 Å². The number of nitrogens with zero attached hydrogens (tertiary/aromatic N) is 7. The zero-order valence-corrected chi connectivity index (χ0v) is 38.5. The summed E-state index contributed by atoms with van der Waals surface area (Å²) in [7, 11) is 0. The maximum atomic E-state index is 15.0. The largest absolute Gasteiger partial charge is 0.494 e. The van der Waals surface area contributed by atoms with Crippen LogP contribution in [0.25, 0.3) is 0 Å². The molecule has 1 amide bonds. The molecule has 3 aromatic carbocycles. The van der Waals surface area contributed by atoms with E-state index in [1.54, 1.807) is 24.5 Å². The van der Waals surface area contributed by atoms with Gasteiger partial charge in [0.15, 0.2) is 0 Å². The zero-order valence-electron chi connectivity index (χ0n) is 37.8. The second-order valence-electron chi connectivity index (χ2n) is 17.4. The Hall–Kier alpha value is -6.67. The lowest BCUT2D eigenvalue weighted by Gasteiger charge is -2.40. The highest BCUT2D eigenvalue weighted by atomic mass is 35.5. The highest BCUT2D eigenvalue weighted by Gasteiger charge is 2.43. The number of benzene rings is 3. The van der Waals surface area contributed by atoms with Crippen molar-refractivity contribution in [3.05, 3.63) is 196 Å². The van der Waals surface area contributed by atoms with Gasteiger partial charge in [-0.05, 0) is 109 Å². The third kappa shape index (κ3) is 13.2. The van der Waals surface area contributed by atoms with Crippen LogP contribution in [0.4, 0.5) is 0 Å². The minimum atomic E-state index is -0.979. The number of aromatic nitrogens is 6. The molecule has 14 heteroatoms. The first-order chi connectivity index (χ1) is 32.8. The SMILES string of the molecule is O=C(O)c1ccc(CN(CCCCOc2cc(CN(Cc3ccccn3)Cc3ncc[nH]3)cc(CN(Cc3ccccn3)Cc3ncc[nH]3)c2)C(=O)C2(c3ccc(Cl)cc3)CCCCC2)cc1. The van der Waals surface area contributed by atoms with Gasteiger partial charge < -0.3 is 24.7 Å². The summed E-state index contributed by atoms with van der Waals surface area (Å²) in [5, 5.41) is 10.2. The third-order valence-corrected chi connectivity index (χ3v) is 12.6. The number of pyridine rings is 2. The Morgan fingerprint density at radius 3 is 1.75 bits per heavy atom. The standard InChI is InChI=1S/C53H58ClN9O4/c54-45-18-16-44(17-19-45)53(20-4-1-5-21-53)52(66)63(35-40-12-14-43(15-13-40)51(64)65)28-8-9-29-67-48-31-41(33-61(38-49-57-24-25-58-49)36-46-10-2-6-22-55-46)30-42(32-48)34-62(39-50-59-26-27-60-50)37-47-11-3-7-23-56-47/h2-3,6-7,10-19,22-27,30-32H,1,4-5,8-9,20-21,28-29,33-39H2,(H,57,58)(H,59,60)(H,64,65). The van der Waals surface area contributed by atoms with Crippen LogP contribution in [0.5, 0.6) is 5.75 Å². The second kappa shape index (κ2) is 23.2. The van der Waals surface area contributed by atoms with Gasteiger partial charge in [-0.2, -0.15) is 0 Å². The van der Waals surface area contributed by atoms with E-state index in [4.69, 9.17) is 16.3 Å². The predicted octanol–water partition coefficient (Wildman–Crippen LogP) is 9.77. The average molecular weight is 921 g/mol. The lowest BCUT2D eigenvalue weighted by Crippen LogP contribution is -2.48. The molecule has 1 saturated carbocycles. The summed E-state index contributed by atoms with van der Waals surface area (Å²) in [6.07, 6.45) is 16.9. The summed E-state index contributed by atoms with van der Waals surface area (Å²) in [5.74, 6) is 1.64. The molecule has 4 heterocycles. The van der Waals surface area contributed by atoms with Crippen molar-refractivity contribution in [3.8, 4) is 5.75 Å². The van der Waals surface area contributed by atoms with Crippen molar-refractivity contribution in [3.63, 3.8) is 0 Å². The number of imidazole rings is 2. The first kappa shape index (κ1) is 46.8. The number of rotatable bonds is 23. The van der Waals surface area contributed by atoms with Crippen molar-refractivity contribution in [1.29, 1.82) is 0 Å². The second-order valence-corrected chi connectivity index (χ2v) is 17.9. The molecule has 0 radical (unpaired) electrons. The first-order valence-corrected chi connectivity index (χ1v) is 23.5. The number of hydrogen-bond donors (Lipinski definition) is 3. The van der Waals surface area contributed by atoms with Crippen molar-refractivity contribution in [2.24, 2.45) is 0 Å². The predicted molar refractivity (Wildman–Crippen MR) is 258 cm³/mol. The number of carboxylic acids is 1. The smallest absolute Gasteiger partial charge is 0.335 e. The van der Waals surface area contributed by atoms with E-state index in [-0.39, 0.29) is 11.5 Å². The maximum Gasteiger partial charge on any atom is 0.335 e. The molecule has 1 fully saturated rings. The van der Waals surface area contributed by atoms with Crippen molar-refractivity contribution in [2.45, 2.75) is 96.2 Å². The first-order valence-electron chi connectivity index (χ1n) is 23.1. The van der Waals surface area contributed by atoms with Gasteiger partial charge in [-0.1, -0.05) is 73.3 Å². The summed E-state index contributed by atoms with van der Waals surface area (Å²) in [4.78, 5) is 58.1. The highest BCUT2D eigenvalue weighted by Crippen LogP contribution is 2.42. The molecule has 0 saturated heterocycles. The zero-order chi connectivity index (χ0) is 46.3. The Kier molecular flexibility index (Phi) is 16.2. The molecule has 0 atom stereocenters. The number of carboxylic acid groups (broad SMARTS) is 1. The Morgan fingerprint density at radius 1 is 0.627 bits per heavy atom. The molecule has 8 rings (SSSR count). The number of aromatic carboxylic acids is 1. The van der Waals surface area contributed by atoms with Gasteiger partial charge in [-0.3, -0.25) is 24.6 Å². The van der Waals surface area contributed by atoms with E-state index < -0.39 is 11.4 Å². The number of ether oxygens (including phenoxy) is 1. The Labute approximate surface area is 397 Å². The lowest BCUT2D eigenvalue weighted by molar-refractivity contribution is -0.139. The third-order valence-electron chi connectivity index (χ3n) is 12.4. The summed E-state index contributed by atoms with van der Waals surface area (Å²) < 4.78 is 6.64. The van der Waals surface area contributed by atoms with Crippen LogP contribution >= 0.6 is 11.6 Å². The topological polar surface area (TPSA) is 156 Å². The maximum absolute atomic E-state index is 15.0. The Balaban J connectivity index is 1.02. The van der Waals surface area contributed by atoms with Crippen LogP contribution in [0, 0.1) is 0 Å². The average Bonchev–Trinajstić information content (AvgIpc) is 4.07. The number of unbranched alkanes of at least 4 members (excludes halogenated alkanes) is 1. The number of H-pyrrole nitrogens is 2. The molecule has 0 aliphatic heterocycles. The number of nitrogens with one attached hydrogen (secondary N) is 2. The van der Waals surface area contributed by atoms with E-state index in [1.165, 1.54) is 0 Å². The number of amides is 1. The quantitative estimate of drug-likeness (QED) is 0.0528. The van der Waals surface area contributed by atoms with Crippen LogP contribution in [-0.2, 0) is 56.0 Å². The van der Waals surface area contributed by atoms with Gasteiger partial charge in [-0.15, -0.1) is 0 Å². The summed E-state index contributed by atoms with van der Waals surface area (Å²) in [5.41, 5.74) is 5.57. The van der Waals surface area contributed by atoms with Crippen LogP contribution in [-0.4, -0.2) is 74.7 Å². The Bertz CT molecular complexity index is 2490. The number of hydrogen-bond acceptors (Lipinski definition) is 9. The summed E-state index contributed by atoms with van der Waals surface area (Å²) in [6, 6.07) is 33.1. The number of halogens is 1. The van der Waals surface area contributed by atoms with Gasteiger partial charge in [-0.25, -0.2) is 14.8 Å². The fraction of sp³-hybridized carbons (Fsp3) is 0.321. The van der Waals surface area contributed by atoms with Gasteiger partial charge in [0.25, 0.3) is 0 Å². The van der Waals surface area contributed by atoms with Gasteiger partial charge in [0.2, 0.25) is 5.91 Å². The van der Waals surface area contributed by atoms with Gasteiger partial charge >= 0.3 is 5.97 Å². The van der Waals surface area contributed by atoms with Gasteiger partial charge in [0.05, 0.1) is 42.1 Å². The van der Waals surface area contributed by atoms with Crippen molar-refractivity contribution < 1.29 is 19.4 Å². The molecule has 4 aromatic heterocycles. The molecule has 346 valence electrons. The normalized spacial score (nSPS) is 13.5. The Morgan fingerprint density at radius 2 is 1.22 bits per heavy atom. The highest BCUT2D eigenvalue weighted by molar-refractivity contribution is 6.30. The number of carbonyl (C=O) groups is 2. The van der Waals surface area contributed by atoms with E-state index in [0.717, 1.165) is 83.1 Å². The van der Waals surface area contributed by atoms with E-state index in [0.29, 0.717) is 76.8 Å². The van der Waals surface area contributed by atoms with Crippen LogP contribution < -0.4 is 4.74 Å². The minimum absolute atomic E-state index is 0.102. The summed E-state index contributed by atoms with van der Waals surface area (Å²) in [6.45, 7) is 5.07. The number of carbonyl (C=O) groups excluding carboxylic acids is 1. The fourth-order valence-corrected chi connectivity index (χ4v) is 9.28. The molecular weight excluding hydrogens is 862 g/mol. The molecule has 1 aliphatic rings. The van der Waals surface area contributed by atoms with Crippen LogP contribution in [0.3, 0.4) is 0 Å². The van der Waals surface area contributed by atoms with Crippen molar-refractivity contribution in [1.82, 2.24) is 44.6 Å². The van der Waals surface area contributed by atoms with Gasteiger partial charge in [0.1, 0.15) is 17.4 Å². The molecule has 1 aliphatic carbocycles. The van der Waals surface area contributed by atoms with Crippen LogP contribution in [0.2, 0.25) is 5.02 Å². The molecule has 0 unspecified atom stereocenters. The van der Waals surface area contributed by atoms with E-state index >= 15 is 0 Å². The van der Waals surface area contributed by atoms with E-state index in [2.05, 4.69) is 57.9 Å². The number of aromatic amines is 2.